The van der Waals surface area contributed by atoms with Crippen molar-refractivity contribution in [1.29, 1.82) is 0 Å². The van der Waals surface area contributed by atoms with E-state index in [1.807, 2.05) is 32.0 Å². The van der Waals surface area contributed by atoms with Crippen molar-refractivity contribution >= 4 is 23.2 Å². The third-order valence-electron chi connectivity index (χ3n) is 4.74. The summed E-state index contributed by atoms with van der Waals surface area (Å²) in [5.41, 5.74) is 3.58. The van der Waals surface area contributed by atoms with Gasteiger partial charge in [-0.15, -0.1) is 0 Å². The van der Waals surface area contributed by atoms with Crippen molar-refractivity contribution in [2.45, 2.75) is 20.3 Å². The number of anilines is 2. The zero-order valence-electron chi connectivity index (χ0n) is 17.1. The van der Waals surface area contributed by atoms with Crippen LogP contribution in [0.25, 0.3) is 0 Å². The van der Waals surface area contributed by atoms with Crippen LogP contribution < -0.4 is 20.1 Å². The monoisotopic (exact) mass is 397 g/mol. The first-order chi connectivity index (χ1) is 13.9. The van der Waals surface area contributed by atoms with Crippen LogP contribution in [0, 0.1) is 13.8 Å². The highest BCUT2D eigenvalue weighted by atomic mass is 16.5. The van der Waals surface area contributed by atoms with E-state index in [1.165, 1.54) is 0 Å². The van der Waals surface area contributed by atoms with Crippen LogP contribution in [0.3, 0.4) is 0 Å². The molecule has 0 saturated heterocycles. The van der Waals surface area contributed by atoms with Gasteiger partial charge in [-0.05, 0) is 50.2 Å². The lowest BCUT2D eigenvalue weighted by molar-refractivity contribution is -0.119. The lowest BCUT2D eigenvalue weighted by Gasteiger charge is -2.17. The Bertz CT molecular complexity index is 898. The van der Waals surface area contributed by atoms with Crippen molar-refractivity contribution in [1.82, 2.24) is 4.90 Å². The van der Waals surface area contributed by atoms with Crippen molar-refractivity contribution in [3.05, 3.63) is 47.5 Å². The van der Waals surface area contributed by atoms with Gasteiger partial charge in [-0.1, -0.05) is 12.1 Å². The number of benzene rings is 2. The average Bonchev–Trinajstić information content (AvgIpc) is 2.90. The van der Waals surface area contributed by atoms with Crippen LogP contribution in [0.2, 0.25) is 0 Å². The molecule has 0 spiro atoms. The van der Waals surface area contributed by atoms with Gasteiger partial charge in [0.1, 0.15) is 0 Å². The smallest absolute Gasteiger partial charge is 0.238 e. The third-order valence-corrected chi connectivity index (χ3v) is 4.74. The van der Waals surface area contributed by atoms with Crippen LogP contribution >= 0.6 is 0 Å². The molecule has 0 aromatic heterocycles. The molecule has 1 heterocycles. The van der Waals surface area contributed by atoms with E-state index in [9.17, 15) is 9.59 Å². The summed E-state index contributed by atoms with van der Waals surface area (Å²) in [6.07, 6.45) is 0.825. The molecule has 0 unspecified atom stereocenters. The SMILES string of the molecule is Cc1cccc(NC(=O)CN(C)CC(=O)Nc2ccc3c(c2)OCCCO3)c1C. The number of carbonyl (C=O) groups excluding carboxylic acids is 2. The van der Waals surface area contributed by atoms with Crippen LogP contribution in [0.4, 0.5) is 11.4 Å². The summed E-state index contributed by atoms with van der Waals surface area (Å²) >= 11 is 0. The van der Waals surface area contributed by atoms with Crippen LogP contribution in [-0.2, 0) is 9.59 Å². The Morgan fingerprint density at radius 1 is 0.966 bits per heavy atom. The van der Waals surface area contributed by atoms with Gasteiger partial charge in [-0.2, -0.15) is 0 Å². The Morgan fingerprint density at radius 3 is 2.41 bits per heavy atom. The first-order valence-electron chi connectivity index (χ1n) is 9.66. The van der Waals surface area contributed by atoms with Crippen molar-refractivity contribution in [2.75, 3.05) is 44.0 Å². The fourth-order valence-electron chi connectivity index (χ4n) is 3.06. The molecule has 2 aromatic rings. The van der Waals surface area contributed by atoms with Crippen molar-refractivity contribution in [2.24, 2.45) is 0 Å². The first-order valence-corrected chi connectivity index (χ1v) is 9.66. The van der Waals surface area contributed by atoms with E-state index >= 15 is 0 Å². The Labute approximate surface area is 171 Å². The largest absolute Gasteiger partial charge is 0.490 e. The quantitative estimate of drug-likeness (QED) is 0.783. The molecule has 2 aromatic carbocycles. The van der Waals surface area contributed by atoms with E-state index in [4.69, 9.17) is 9.47 Å². The molecule has 0 bridgehead atoms. The van der Waals surface area contributed by atoms with Gasteiger partial charge in [-0.25, -0.2) is 0 Å². The Balaban J connectivity index is 1.50. The number of likely N-dealkylation sites (N-methyl/N-ethyl adjacent to an activating group) is 1. The summed E-state index contributed by atoms with van der Waals surface area (Å²) in [6.45, 7) is 5.38. The van der Waals surface area contributed by atoms with Gasteiger partial charge in [0.05, 0.1) is 26.3 Å². The number of carbonyl (C=O) groups is 2. The zero-order chi connectivity index (χ0) is 20.8. The normalized spacial score (nSPS) is 13.0. The summed E-state index contributed by atoms with van der Waals surface area (Å²) in [5, 5.41) is 5.74. The minimum absolute atomic E-state index is 0.0919. The second-order valence-electron chi connectivity index (χ2n) is 7.23. The molecule has 2 N–H and O–H groups in total. The van der Waals surface area contributed by atoms with Crippen molar-refractivity contribution < 1.29 is 19.1 Å². The molecule has 2 amide bonds. The molecular formula is C22H27N3O4. The average molecular weight is 397 g/mol. The number of nitrogens with zero attached hydrogens (tertiary/aromatic N) is 1. The molecule has 1 aliphatic heterocycles. The number of hydrogen-bond acceptors (Lipinski definition) is 5. The Kier molecular flexibility index (Phi) is 6.72. The second-order valence-corrected chi connectivity index (χ2v) is 7.23. The van der Waals surface area contributed by atoms with E-state index in [0.717, 1.165) is 23.2 Å². The molecule has 1 aliphatic rings. The van der Waals surface area contributed by atoms with Gasteiger partial charge in [0.25, 0.3) is 0 Å². The predicted octanol–water partition coefficient (Wildman–Crippen LogP) is 2.97. The number of nitrogens with one attached hydrogen (secondary N) is 2. The van der Waals surface area contributed by atoms with Gasteiger partial charge in [0.2, 0.25) is 11.8 Å². The molecule has 7 heteroatoms. The van der Waals surface area contributed by atoms with E-state index in [-0.39, 0.29) is 24.9 Å². The number of rotatable bonds is 6. The van der Waals surface area contributed by atoms with Gasteiger partial charge >= 0.3 is 0 Å². The first kappa shape index (κ1) is 20.7. The minimum Gasteiger partial charge on any atom is -0.490 e. The molecule has 0 fully saturated rings. The Hall–Kier alpha value is -3.06. The molecule has 154 valence electrons. The van der Waals surface area contributed by atoms with E-state index in [0.29, 0.717) is 30.4 Å². The third kappa shape index (κ3) is 5.71. The summed E-state index contributed by atoms with van der Waals surface area (Å²) in [6, 6.07) is 11.1. The molecule has 0 saturated carbocycles. The minimum atomic E-state index is -0.207. The number of fused-ring (bicyclic) bond motifs is 1. The molecular weight excluding hydrogens is 370 g/mol. The lowest BCUT2D eigenvalue weighted by Crippen LogP contribution is -2.36. The van der Waals surface area contributed by atoms with Gasteiger partial charge < -0.3 is 20.1 Å². The fraction of sp³-hybridized carbons (Fsp3) is 0.364. The highest BCUT2D eigenvalue weighted by Gasteiger charge is 2.14. The summed E-state index contributed by atoms with van der Waals surface area (Å²) in [4.78, 5) is 26.3. The molecule has 29 heavy (non-hydrogen) atoms. The fourth-order valence-corrected chi connectivity index (χ4v) is 3.06. The van der Waals surface area contributed by atoms with Crippen LogP contribution in [0.1, 0.15) is 17.5 Å². The maximum atomic E-state index is 12.3. The number of ether oxygens (including phenoxy) is 2. The summed E-state index contributed by atoms with van der Waals surface area (Å²) < 4.78 is 11.2. The van der Waals surface area contributed by atoms with Gasteiger partial charge in [-0.3, -0.25) is 14.5 Å². The van der Waals surface area contributed by atoms with E-state index < -0.39 is 0 Å². The Morgan fingerprint density at radius 2 is 1.66 bits per heavy atom. The van der Waals surface area contributed by atoms with Crippen molar-refractivity contribution in [3.63, 3.8) is 0 Å². The number of hydrogen-bond donors (Lipinski definition) is 2. The highest BCUT2D eigenvalue weighted by molar-refractivity contribution is 5.95. The van der Waals surface area contributed by atoms with Gasteiger partial charge in [0.15, 0.2) is 11.5 Å². The molecule has 0 aliphatic carbocycles. The van der Waals surface area contributed by atoms with Crippen molar-refractivity contribution in [3.8, 4) is 11.5 Å². The summed E-state index contributed by atoms with van der Waals surface area (Å²) in [5.74, 6) is 0.938. The lowest BCUT2D eigenvalue weighted by atomic mass is 10.1. The topological polar surface area (TPSA) is 79.9 Å². The van der Waals surface area contributed by atoms with E-state index in [1.54, 1.807) is 30.1 Å². The predicted molar refractivity (Wildman–Crippen MR) is 113 cm³/mol. The maximum absolute atomic E-state index is 12.3. The molecule has 0 radical (unpaired) electrons. The summed E-state index contributed by atoms with van der Waals surface area (Å²) in [7, 11) is 1.73. The molecule has 7 nitrogen and oxygen atoms in total. The molecule has 3 rings (SSSR count). The maximum Gasteiger partial charge on any atom is 0.238 e. The second kappa shape index (κ2) is 9.43. The standard InChI is InChI=1S/C22H27N3O4/c1-15-6-4-7-18(16(15)2)24-22(27)14-25(3)13-21(26)23-17-8-9-19-20(12-17)29-11-5-10-28-19/h4,6-9,12H,5,10-11,13-14H2,1-3H3,(H,23,26)(H,24,27). The van der Waals surface area contributed by atoms with Crippen LogP contribution in [-0.4, -0.2) is 50.1 Å². The number of aryl methyl sites for hydroxylation is 1. The van der Waals surface area contributed by atoms with Gasteiger partial charge in [0, 0.05) is 23.9 Å². The zero-order valence-corrected chi connectivity index (χ0v) is 17.1. The number of amides is 2. The van der Waals surface area contributed by atoms with E-state index in [2.05, 4.69) is 10.6 Å². The highest BCUT2D eigenvalue weighted by Crippen LogP contribution is 2.32. The molecule has 0 atom stereocenters. The van der Waals surface area contributed by atoms with Crippen LogP contribution in [0.5, 0.6) is 11.5 Å². The van der Waals surface area contributed by atoms with Crippen LogP contribution in [0.15, 0.2) is 36.4 Å².